The number of nitrogens with zero attached hydrogens (tertiary/aromatic N) is 1. The molecule has 0 unspecified atom stereocenters. The Balaban J connectivity index is 1.75. The number of halogens is 1. The number of thiophene rings is 1. The highest BCUT2D eigenvalue weighted by atomic mass is 35.5. The van der Waals surface area contributed by atoms with Gasteiger partial charge in [0.2, 0.25) is 5.91 Å². The van der Waals surface area contributed by atoms with E-state index in [0.29, 0.717) is 5.02 Å². The summed E-state index contributed by atoms with van der Waals surface area (Å²) >= 11 is 7.59. The van der Waals surface area contributed by atoms with Crippen LogP contribution in [-0.4, -0.2) is 23.4 Å². The van der Waals surface area contributed by atoms with Gasteiger partial charge in [0.1, 0.15) is 0 Å². The Labute approximate surface area is 155 Å². The van der Waals surface area contributed by atoms with Crippen LogP contribution >= 0.6 is 22.9 Å². The minimum Gasteiger partial charge on any atom is -0.352 e. The fourth-order valence-electron chi connectivity index (χ4n) is 3.25. The summed E-state index contributed by atoms with van der Waals surface area (Å²) in [5.74, 6) is 0.0181. The predicted molar refractivity (Wildman–Crippen MR) is 99.5 cm³/mol. The number of likely N-dealkylation sites (tertiary alicyclic amines) is 1. The minimum absolute atomic E-state index is 0.0181. The van der Waals surface area contributed by atoms with E-state index in [9.17, 15) is 9.59 Å². The highest BCUT2D eigenvalue weighted by Crippen LogP contribution is 2.35. The SMILES string of the molecule is NC(=O)N[C@H](CC(=O)N1CCC[C@H]1c1cccs1)c1ccc(Cl)cc1. The fourth-order valence-corrected chi connectivity index (χ4v) is 4.25. The van der Waals surface area contributed by atoms with Crippen molar-refractivity contribution in [3.63, 3.8) is 0 Å². The van der Waals surface area contributed by atoms with Gasteiger partial charge in [-0.15, -0.1) is 11.3 Å². The molecule has 2 heterocycles. The number of rotatable bonds is 5. The van der Waals surface area contributed by atoms with Gasteiger partial charge in [0.15, 0.2) is 0 Å². The molecule has 1 aromatic heterocycles. The van der Waals surface area contributed by atoms with Crippen LogP contribution in [0.2, 0.25) is 5.02 Å². The van der Waals surface area contributed by atoms with Gasteiger partial charge in [-0.25, -0.2) is 4.79 Å². The van der Waals surface area contributed by atoms with Crippen LogP contribution in [0.5, 0.6) is 0 Å². The Morgan fingerprint density at radius 1 is 1.32 bits per heavy atom. The number of amides is 3. The monoisotopic (exact) mass is 377 g/mol. The molecule has 0 aliphatic carbocycles. The third-order valence-electron chi connectivity index (χ3n) is 4.41. The van der Waals surface area contributed by atoms with Gasteiger partial charge in [0, 0.05) is 16.4 Å². The van der Waals surface area contributed by atoms with E-state index in [1.54, 1.807) is 35.6 Å². The molecule has 3 rings (SSSR count). The standard InChI is InChI=1S/C18H20ClN3O2S/c19-13-7-5-12(6-8-13)14(21-18(20)24)11-17(23)22-9-1-3-15(22)16-4-2-10-25-16/h2,4-8,10,14-15H,1,3,9,11H2,(H3,20,21,24)/t14-,15+/m1/s1. The number of hydrogen-bond acceptors (Lipinski definition) is 3. The lowest BCUT2D eigenvalue weighted by atomic mass is 10.0. The summed E-state index contributed by atoms with van der Waals surface area (Å²) in [5.41, 5.74) is 6.10. The van der Waals surface area contributed by atoms with Crippen molar-refractivity contribution >= 4 is 34.9 Å². The van der Waals surface area contributed by atoms with Gasteiger partial charge in [-0.1, -0.05) is 29.8 Å². The van der Waals surface area contributed by atoms with Crippen molar-refractivity contribution in [2.75, 3.05) is 6.54 Å². The van der Waals surface area contributed by atoms with E-state index in [-0.39, 0.29) is 18.4 Å². The number of carbonyl (C=O) groups is 2. The van der Waals surface area contributed by atoms with E-state index in [1.165, 1.54) is 4.88 Å². The second kappa shape index (κ2) is 7.89. The van der Waals surface area contributed by atoms with E-state index in [1.807, 2.05) is 16.3 Å². The van der Waals surface area contributed by atoms with Gasteiger partial charge in [0.25, 0.3) is 0 Å². The van der Waals surface area contributed by atoms with Crippen molar-refractivity contribution in [3.05, 3.63) is 57.2 Å². The quantitative estimate of drug-likeness (QED) is 0.829. The van der Waals surface area contributed by atoms with E-state index >= 15 is 0 Å². The first-order chi connectivity index (χ1) is 12.0. The summed E-state index contributed by atoms with van der Waals surface area (Å²) < 4.78 is 0. The van der Waals surface area contributed by atoms with E-state index in [2.05, 4.69) is 11.4 Å². The molecule has 0 bridgehead atoms. The predicted octanol–water partition coefficient (Wildman–Crippen LogP) is 3.86. The molecular formula is C18H20ClN3O2S. The van der Waals surface area contributed by atoms with Crippen LogP contribution in [0, 0.1) is 0 Å². The van der Waals surface area contributed by atoms with Gasteiger partial charge in [0.05, 0.1) is 18.5 Å². The van der Waals surface area contributed by atoms with Crippen LogP contribution in [0.1, 0.15) is 41.8 Å². The largest absolute Gasteiger partial charge is 0.352 e. The molecule has 0 spiro atoms. The van der Waals surface area contributed by atoms with Crippen molar-refractivity contribution in [2.45, 2.75) is 31.3 Å². The molecule has 1 fully saturated rings. The zero-order valence-electron chi connectivity index (χ0n) is 13.7. The second-order valence-corrected chi connectivity index (χ2v) is 7.49. The van der Waals surface area contributed by atoms with Crippen molar-refractivity contribution in [1.29, 1.82) is 0 Å². The van der Waals surface area contributed by atoms with Gasteiger partial charge < -0.3 is 16.0 Å². The molecule has 5 nitrogen and oxygen atoms in total. The van der Waals surface area contributed by atoms with E-state index in [0.717, 1.165) is 24.9 Å². The highest BCUT2D eigenvalue weighted by molar-refractivity contribution is 7.10. The Bertz CT molecular complexity index is 733. The molecule has 7 heteroatoms. The van der Waals surface area contributed by atoms with Crippen LogP contribution in [0.25, 0.3) is 0 Å². The first kappa shape index (κ1) is 17.8. The number of hydrogen-bond donors (Lipinski definition) is 2. The number of benzene rings is 1. The molecule has 132 valence electrons. The van der Waals surface area contributed by atoms with Gasteiger partial charge >= 0.3 is 6.03 Å². The first-order valence-electron chi connectivity index (χ1n) is 8.19. The maximum Gasteiger partial charge on any atom is 0.312 e. The maximum absolute atomic E-state index is 12.9. The smallest absolute Gasteiger partial charge is 0.312 e. The fraction of sp³-hybridized carbons (Fsp3) is 0.333. The Morgan fingerprint density at radius 2 is 2.08 bits per heavy atom. The zero-order chi connectivity index (χ0) is 17.8. The molecule has 2 atom stereocenters. The number of primary amides is 1. The molecule has 3 amide bonds. The van der Waals surface area contributed by atoms with Crippen molar-refractivity contribution in [1.82, 2.24) is 10.2 Å². The maximum atomic E-state index is 12.9. The average molecular weight is 378 g/mol. The summed E-state index contributed by atoms with van der Waals surface area (Å²) in [5, 5.41) is 5.30. The van der Waals surface area contributed by atoms with Crippen molar-refractivity contribution in [3.8, 4) is 0 Å². The number of nitrogens with one attached hydrogen (secondary N) is 1. The summed E-state index contributed by atoms with van der Waals surface area (Å²) in [6, 6.07) is 10.2. The summed E-state index contributed by atoms with van der Waals surface area (Å²) in [7, 11) is 0. The lowest BCUT2D eigenvalue weighted by Crippen LogP contribution is -2.38. The Kier molecular flexibility index (Phi) is 5.60. The lowest BCUT2D eigenvalue weighted by Gasteiger charge is -2.26. The summed E-state index contributed by atoms with van der Waals surface area (Å²) in [4.78, 5) is 27.4. The van der Waals surface area contributed by atoms with Crippen LogP contribution in [0.15, 0.2) is 41.8 Å². The number of urea groups is 1. The van der Waals surface area contributed by atoms with Crippen LogP contribution in [0.3, 0.4) is 0 Å². The molecule has 3 N–H and O–H groups in total. The molecule has 0 saturated carbocycles. The van der Waals surface area contributed by atoms with Crippen molar-refractivity contribution in [2.24, 2.45) is 5.73 Å². The topological polar surface area (TPSA) is 75.4 Å². The zero-order valence-corrected chi connectivity index (χ0v) is 15.2. The summed E-state index contributed by atoms with van der Waals surface area (Å²) in [6.07, 6.45) is 2.14. The minimum atomic E-state index is -0.649. The average Bonchev–Trinajstić information content (AvgIpc) is 3.25. The van der Waals surface area contributed by atoms with Crippen LogP contribution in [-0.2, 0) is 4.79 Å². The Morgan fingerprint density at radius 3 is 2.72 bits per heavy atom. The number of carbonyl (C=O) groups excluding carboxylic acids is 2. The molecule has 1 aromatic carbocycles. The molecule has 2 aromatic rings. The van der Waals surface area contributed by atoms with Crippen molar-refractivity contribution < 1.29 is 9.59 Å². The molecule has 25 heavy (non-hydrogen) atoms. The third kappa shape index (κ3) is 4.32. The normalized spacial score (nSPS) is 18.1. The molecule has 1 saturated heterocycles. The van der Waals surface area contributed by atoms with E-state index in [4.69, 9.17) is 17.3 Å². The Hall–Kier alpha value is -2.05. The highest BCUT2D eigenvalue weighted by Gasteiger charge is 2.32. The molecule has 0 radical (unpaired) electrons. The first-order valence-corrected chi connectivity index (χ1v) is 9.44. The van der Waals surface area contributed by atoms with Gasteiger partial charge in [-0.2, -0.15) is 0 Å². The van der Waals surface area contributed by atoms with E-state index < -0.39 is 12.1 Å². The second-order valence-electron chi connectivity index (χ2n) is 6.08. The molecule has 1 aliphatic heterocycles. The third-order valence-corrected chi connectivity index (χ3v) is 5.64. The number of nitrogens with two attached hydrogens (primary N) is 1. The molecular weight excluding hydrogens is 358 g/mol. The molecule has 1 aliphatic rings. The van der Waals surface area contributed by atoms with Gasteiger partial charge in [-0.3, -0.25) is 4.79 Å². The van der Waals surface area contributed by atoms with Crippen LogP contribution in [0.4, 0.5) is 4.79 Å². The summed E-state index contributed by atoms with van der Waals surface area (Å²) in [6.45, 7) is 0.741. The van der Waals surface area contributed by atoms with Crippen LogP contribution < -0.4 is 11.1 Å². The van der Waals surface area contributed by atoms with Gasteiger partial charge in [-0.05, 0) is 42.0 Å². The lowest BCUT2D eigenvalue weighted by molar-refractivity contribution is -0.132.